The number of furan rings is 1. The lowest BCUT2D eigenvalue weighted by Crippen LogP contribution is -2.39. The largest absolute Gasteiger partial charge is 0.464 e. The molecule has 204 valence electrons. The molecule has 0 unspecified atom stereocenters. The van der Waals surface area contributed by atoms with Crippen LogP contribution in [0.4, 0.5) is 4.39 Å². The first-order valence-electron chi connectivity index (χ1n) is 12.9. The molecule has 3 aromatic rings. The molecular weight excluding hydrogens is 493 g/mol. The first kappa shape index (κ1) is 27.8. The van der Waals surface area contributed by atoms with E-state index in [4.69, 9.17) is 28.5 Å². The van der Waals surface area contributed by atoms with E-state index in [0.29, 0.717) is 32.8 Å². The van der Waals surface area contributed by atoms with Gasteiger partial charge in [0.1, 0.15) is 11.4 Å². The smallest absolute Gasteiger partial charge is 0.286 e. The fourth-order valence-electron chi connectivity index (χ4n) is 4.53. The predicted octanol–water partition coefficient (Wildman–Crippen LogP) is 4.28. The minimum Gasteiger partial charge on any atom is -0.464 e. The normalized spacial score (nSPS) is 19.2. The summed E-state index contributed by atoms with van der Waals surface area (Å²) >= 11 is 0. The van der Waals surface area contributed by atoms with E-state index in [-0.39, 0.29) is 49.1 Å². The van der Waals surface area contributed by atoms with Crippen LogP contribution in [0, 0.1) is 11.7 Å². The van der Waals surface area contributed by atoms with Crippen LogP contribution in [-0.2, 0) is 30.3 Å². The molecule has 0 saturated carbocycles. The Morgan fingerprint density at radius 2 is 1.82 bits per heavy atom. The van der Waals surface area contributed by atoms with Gasteiger partial charge in [0.25, 0.3) is 5.91 Å². The van der Waals surface area contributed by atoms with Crippen LogP contribution in [0.15, 0.2) is 71.0 Å². The highest BCUT2D eigenvalue weighted by Gasteiger charge is 2.39. The molecule has 38 heavy (non-hydrogen) atoms. The molecule has 2 N–H and O–H groups in total. The zero-order chi connectivity index (χ0) is 26.7. The lowest BCUT2D eigenvalue weighted by Gasteiger charge is -2.36. The van der Waals surface area contributed by atoms with Gasteiger partial charge in [-0.05, 0) is 43.2 Å². The number of amides is 1. The molecule has 1 aliphatic rings. The Morgan fingerprint density at radius 1 is 1.05 bits per heavy atom. The Kier molecular flexibility index (Phi) is 10.3. The number of para-hydroxylation sites is 1. The van der Waals surface area contributed by atoms with Crippen LogP contribution in [0.25, 0.3) is 11.0 Å². The quantitative estimate of drug-likeness (QED) is 0.302. The summed E-state index contributed by atoms with van der Waals surface area (Å²) in [5.74, 6) is -0.934. The third-order valence-electron chi connectivity index (χ3n) is 6.38. The van der Waals surface area contributed by atoms with Crippen LogP contribution >= 0.6 is 0 Å². The summed E-state index contributed by atoms with van der Waals surface area (Å²) in [4.78, 5) is 13.1. The predicted molar refractivity (Wildman–Crippen MR) is 139 cm³/mol. The van der Waals surface area contributed by atoms with Gasteiger partial charge in [-0.15, -0.1) is 0 Å². The Bertz CT molecular complexity index is 1190. The summed E-state index contributed by atoms with van der Waals surface area (Å²) in [6, 6.07) is 13.7. The molecule has 1 aromatic heterocycles. The van der Waals surface area contributed by atoms with Gasteiger partial charge in [0.2, 0.25) is 6.29 Å². The van der Waals surface area contributed by atoms with Crippen LogP contribution in [0.5, 0.6) is 0 Å². The van der Waals surface area contributed by atoms with E-state index < -0.39 is 6.29 Å². The number of hydrogen-bond acceptors (Lipinski definition) is 7. The number of allylic oxidation sites excluding steroid dienone is 1. The second-order valence-corrected chi connectivity index (χ2v) is 8.90. The summed E-state index contributed by atoms with van der Waals surface area (Å²) in [7, 11) is 0. The molecule has 0 bridgehead atoms. The van der Waals surface area contributed by atoms with Crippen molar-refractivity contribution in [2.45, 2.75) is 32.1 Å². The van der Waals surface area contributed by atoms with Crippen molar-refractivity contribution in [3.63, 3.8) is 0 Å². The lowest BCUT2D eigenvalue weighted by atomic mass is 9.81. The van der Waals surface area contributed by atoms with E-state index in [1.54, 1.807) is 18.4 Å². The van der Waals surface area contributed by atoms with E-state index in [0.717, 1.165) is 22.1 Å². The van der Waals surface area contributed by atoms with Gasteiger partial charge in [-0.25, -0.2) is 4.39 Å². The summed E-state index contributed by atoms with van der Waals surface area (Å²) < 4.78 is 42.1. The van der Waals surface area contributed by atoms with Crippen molar-refractivity contribution in [1.29, 1.82) is 0 Å². The molecule has 0 saturated heterocycles. The topological polar surface area (TPSA) is 99.4 Å². The van der Waals surface area contributed by atoms with E-state index in [1.165, 1.54) is 12.1 Å². The van der Waals surface area contributed by atoms with Crippen LogP contribution in [0.1, 0.15) is 30.4 Å². The van der Waals surface area contributed by atoms with E-state index in [9.17, 15) is 9.18 Å². The molecule has 1 aliphatic heterocycles. The summed E-state index contributed by atoms with van der Waals surface area (Å²) in [5, 5.41) is 12.6. The third-order valence-corrected chi connectivity index (χ3v) is 6.38. The van der Waals surface area contributed by atoms with Crippen molar-refractivity contribution in [1.82, 2.24) is 5.32 Å². The number of fused-ring (bicyclic) bond motifs is 1. The summed E-state index contributed by atoms with van der Waals surface area (Å²) in [6.07, 6.45) is 3.48. The van der Waals surface area contributed by atoms with Crippen molar-refractivity contribution in [3.05, 3.63) is 83.6 Å². The Morgan fingerprint density at radius 3 is 2.58 bits per heavy atom. The SMILES string of the molecule is CCO[C@H]1OC(C(=O)NCc2ccc(F)cc2)=C[C@@H](c2coc3ccccc23)[C@H]1CCOCCOCCO. The van der Waals surface area contributed by atoms with Gasteiger partial charge in [0.05, 0.1) is 32.7 Å². The maximum absolute atomic E-state index is 13.2. The van der Waals surface area contributed by atoms with Gasteiger partial charge < -0.3 is 33.8 Å². The maximum Gasteiger partial charge on any atom is 0.286 e. The first-order valence-corrected chi connectivity index (χ1v) is 12.9. The number of carbonyl (C=O) groups excluding carboxylic acids is 1. The zero-order valence-corrected chi connectivity index (χ0v) is 21.4. The molecule has 1 amide bonds. The average Bonchev–Trinajstić information content (AvgIpc) is 3.36. The highest BCUT2D eigenvalue weighted by Crippen LogP contribution is 2.42. The number of aliphatic hydroxyl groups excluding tert-OH is 1. The van der Waals surface area contributed by atoms with Gasteiger partial charge in [-0.2, -0.15) is 0 Å². The second-order valence-electron chi connectivity index (χ2n) is 8.90. The first-order chi connectivity index (χ1) is 18.6. The summed E-state index contributed by atoms with van der Waals surface area (Å²) in [5.41, 5.74) is 2.47. The Labute approximate surface area is 221 Å². The number of hydrogen-bond donors (Lipinski definition) is 2. The van der Waals surface area contributed by atoms with Crippen LogP contribution < -0.4 is 5.32 Å². The van der Waals surface area contributed by atoms with E-state index >= 15 is 0 Å². The van der Waals surface area contributed by atoms with Crippen molar-refractivity contribution in [2.24, 2.45) is 5.92 Å². The fourth-order valence-corrected chi connectivity index (χ4v) is 4.53. The molecule has 2 heterocycles. The van der Waals surface area contributed by atoms with Crippen LogP contribution in [0.3, 0.4) is 0 Å². The van der Waals surface area contributed by atoms with E-state index in [2.05, 4.69) is 5.32 Å². The minimum atomic E-state index is -0.676. The summed E-state index contributed by atoms with van der Waals surface area (Å²) in [6.45, 7) is 4.00. The number of nitrogens with one attached hydrogen (secondary N) is 1. The standard InChI is InChI=1S/C29H34FNO7/c1-2-36-29-23(11-13-34-15-16-35-14-12-32)24(25-19-37-26-6-4-3-5-22(25)26)17-27(38-29)28(33)31-18-20-7-9-21(30)10-8-20/h3-10,17,19,23-24,29,32H,2,11-16,18H2,1H3,(H,31,33)/t23-,24-,29+/m1/s1. The molecule has 4 rings (SSSR count). The fraction of sp³-hybridized carbons (Fsp3) is 0.414. The zero-order valence-electron chi connectivity index (χ0n) is 21.4. The third kappa shape index (κ3) is 7.20. The molecule has 0 radical (unpaired) electrons. The van der Waals surface area contributed by atoms with Gasteiger partial charge in [-0.3, -0.25) is 4.79 Å². The number of rotatable bonds is 14. The second kappa shape index (κ2) is 14.1. The van der Waals surface area contributed by atoms with E-state index in [1.807, 2.05) is 37.3 Å². The van der Waals surface area contributed by atoms with Gasteiger partial charge in [0.15, 0.2) is 5.76 Å². The number of benzene rings is 2. The van der Waals surface area contributed by atoms with Gasteiger partial charge in [-0.1, -0.05) is 30.3 Å². The molecular formula is C29H34FNO7. The molecule has 3 atom stereocenters. The van der Waals surface area contributed by atoms with Crippen molar-refractivity contribution in [3.8, 4) is 0 Å². The van der Waals surface area contributed by atoms with Crippen LogP contribution in [-0.4, -0.2) is 56.9 Å². The maximum atomic E-state index is 13.2. The Hall–Kier alpha value is -3.24. The van der Waals surface area contributed by atoms with Crippen molar-refractivity contribution >= 4 is 16.9 Å². The lowest BCUT2D eigenvalue weighted by molar-refractivity contribution is -0.168. The molecule has 0 spiro atoms. The molecule has 0 aliphatic carbocycles. The molecule has 2 aromatic carbocycles. The number of carbonyl (C=O) groups is 1. The highest BCUT2D eigenvalue weighted by molar-refractivity contribution is 5.92. The molecule has 8 nitrogen and oxygen atoms in total. The average molecular weight is 528 g/mol. The van der Waals surface area contributed by atoms with Gasteiger partial charge in [0, 0.05) is 42.5 Å². The number of aliphatic hydroxyl groups is 1. The monoisotopic (exact) mass is 527 g/mol. The van der Waals surface area contributed by atoms with Crippen molar-refractivity contribution < 1.29 is 37.7 Å². The Balaban J connectivity index is 1.54. The molecule has 0 fully saturated rings. The molecule has 9 heteroatoms. The number of halogens is 1. The minimum absolute atomic E-state index is 0.0259. The highest BCUT2D eigenvalue weighted by atomic mass is 19.1. The number of ether oxygens (including phenoxy) is 4. The van der Waals surface area contributed by atoms with Crippen LogP contribution in [0.2, 0.25) is 0 Å². The van der Waals surface area contributed by atoms with Crippen molar-refractivity contribution in [2.75, 3.05) is 39.6 Å². The van der Waals surface area contributed by atoms with Gasteiger partial charge >= 0.3 is 0 Å².